The number of anilines is 2. The second-order valence-electron chi connectivity index (χ2n) is 7.46. The van der Waals surface area contributed by atoms with Crippen molar-refractivity contribution < 1.29 is 24.2 Å². The van der Waals surface area contributed by atoms with Gasteiger partial charge in [-0.1, -0.05) is 36.4 Å². The lowest BCUT2D eigenvalue weighted by molar-refractivity contribution is 0.0700. The van der Waals surface area contributed by atoms with E-state index in [0.29, 0.717) is 39.2 Å². The molecule has 1 unspecified atom stereocenters. The number of rotatable bonds is 4. The van der Waals surface area contributed by atoms with Crippen molar-refractivity contribution >= 4 is 34.7 Å². The molecule has 5 rings (SSSR count). The fraction of sp³-hybridized carbons (Fsp3) is 0.125. The Morgan fingerprint density at radius 3 is 2.64 bits per heavy atom. The van der Waals surface area contributed by atoms with E-state index in [1.165, 1.54) is 19.1 Å². The molecule has 0 saturated heterocycles. The van der Waals surface area contributed by atoms with Crippen LogP contribution in [0.25, 0.3) is 11.0 Å². The van der Waals surface area contributed by atoms with Crippen LogP contribution in [-0.2, 0) is 10.5 Å². The zero-order valence-corrected chi connectivity index (χ0v) is 17.8. The number of aromatic amines is 1. The maximum Gasteiger partial charge on any atom is 0.413 e. The van der Waals surface area contributed by atoms with Crippen molar-refractivity contribution in [3.63, 3.8) is 0 Å². The molecule has 0 radical (unpaired) electrons. The van der Waals surface area contributed by atoms with Gasteiger partial charge in [0, 0.05) is 16.7 Å². The summed E-state index contributed by atoms with van der Waals surface area (Å²) in [5.74, 6) is 0.296. The van der Waals surface area contributed by atoms with Gasteiger partial charge in [-0.15, -0.1) is 0 Å². The zero-order valence-electron chi connectivity index (χ0n) is 17.8. The molecule has 9 heteroatoms. The van der Waals surface area contributed by atoms with Crippen molar-refractivity contribution in [2.75, 3.05) is 24.4 Å². The highest BCUT2D eigenvalue weighted by molar-refractivity contribution is 6.13. The molecule has 4 aromatic rings. The maximum atomic E-state index is 13.5. The minimum absolute atomic E-state index is 0.200. The summed E-state index contributed by atoms with van der Waals surface area (Å²) in [7, 11) is 2.77. The van der Waals surface area contributed by atoms with Gasteiger partial charge in [0.25, 0.3) is 5.91 Å². The van der Waals surface area contributed by atoms with Crippen LogP contribution in [0.4, 0.5) is 16.4 Å². The molecule has 33 heavy (non-hydrogen) atoms. The van der Waals surface area contributed by atoms with Crippen LogP contribution in [0.5, 0.6) is 5.75 Å². The van der Waals surface area contributed by atoms with E-state index in [0.717, 1.165) is 0 Å². The summed E-state index contributed by atoms with van der Waals surface area (Å²) >= 11 is 0. The first-order valence-electron chi connectivity index (χ1n) is 10.1. The Morgan fingerprint density at radius 2 is 1.85 bits per heavy atom. The van der Waals surface area contributed by atoms with Crippen LogP contribution in [0.15, 0.2) is 66.7 Å². The number of amides is 2. The smallest absolute Gasteiger partial charge is 0.413 e. The number of ether oxygens (including phenoxy) is 2. The molecular formula is C24H20N4O5. The number of hydrogen-bond acceptors (Lipinski definition) is 6. The van der Waals surface area contributed by atoms with Crippen molar-refractivity contribution in [3.05, 3.63) is 83.4 Å². The number of nitrogens with zero attached hydrogens (tertiary/aromatic N) is 2. The summed E-state index contributed by atoms with van der Waals surface area (Å²) < 4.78 is 10.1. The lowest BCUT2D eigenvalue weighted by Gasteiger charge is -2.35. The molecule has 3 N–H and O–H groups in total. The molecule has 0 fully saturated rings. The molecule has 1 atom stereocenters. The lowest BCUT2D eigenvalue weighted by atomic mass is 9.93. The van der Waals surface area contributed by atoms with E-state index in [9.17, 15) is 14.7 Å². The van der Waals surface area contributed by atoms with Gasteiger partial charge in [0.15, 0.2) is 5.72 Å². The van der Waals surface area contributed by atoms with Crippen molar-refractivity contribution in [1.29, 1.82) is 0 Å². The van der Waals surface area contributed by atoms with Crippen molar-refractivity contribution in [1.82, 2.24) is 9.97 Å². The van der Waals surface area contributed by atoms with Gasteiger partial charge in [0.1, 0.15) is 5.75 Å². The fourth-order valence-corrected chi connectivity index (χ4v) is 4.18. The van der Waals surface area contributed by atoms with Crippen LogP contribution in [0.1, 0.15) is 21.5 Å². The predicted octanol–water partition coefficient (Wildman–Crippen LogP) is 3.60. The van der Waals surface area contributed by atoms with E-state index < -0.39 is 11.8 Å². The Balaban J connectivity index is 1.70. The monoisotopic (exact) mass is 444 g/mol. The number of imidazole rings is 1. The Kier molecular flexibility index (Phi) is 4.75. The molecule has 1 aliphatic heterocycles. The molecule has 3 aromatic carbocycles. The standard InChI is InChI=1S/C24H20N4O5/c1-32-20-10-6-5-9-19(20)28-21(29)15-7-3-4-8-16(15)24(28,31)14-11-12-17-18(13-14)26-22(25-17)27-23(30)33-2/h3-13,31H,1-2H3,(H2,25,26,27,30). The molecule has 2 amide bonds. The summed E-state index contributed by atoms with van der Waals surface area (Å²) in [6.45, 7) is 0. The van der Waals surface area contributed by atoms with Crippen molar-refractivity contribution in [3.8, 4) is 5.75 Å². The minimum atomic E-state index is -1.81. The van der Waals surface area contributed by atoms with Gasteiger partial charge in [-0.05, 0) is 30.3 Å². The molecule has 0 aliphatic carbocycles. The second kappa shape index (κ2) is 7.64. The number of carbonyl (C=O) groups is 2. The molecular weight excluding hydrogens is 424 g/mol. The third kappa shape index (κ3) is 3.09. The largest absolute Gasteiger partial charge is 0.495 e. The highest BCUT2D eigenvalue weighted by Crippen LogP contribution is 2.47. The van der Waals surface area contributed by atoms with Gasteiger partial charge in [0.2, 0.25) is 5.95 Å². The zero-order chi connectivity index (χ0) is 23.2. The number of hydrogen-bond donors (Lipinski definition) is 3. The van der Waals surface area contributed by atoms with Crippen LogP contribution >= 0.6 is 0 Å². The lowest BCUT2D eigenvalue weighted by Crippen LogP contribution is -2.45. The average molecular weight is 444 g/mol. The molecule has 0 saturated carbocycles. The Bertz CT molecular complexity index is 1400. The number of aromatic nitrogens is 2. The second-order valence-corrected chi connectivity index (χ2v) is 7.46. The summed E-state index contributed by atoms with van der Waals surface area (Å²) in [6.07, 6.45) is -0.662. The summed E-state index contributed by atoms with van der Waals surface area (Å²) in [6, 6.07) is 19.1. The van der Waals surface area contributed by atoms with Crippen LogP contribution < -0.4 is 15.0 Å². The number of carbonyl (C=O) groups excluding carboxylic acids is 2. The molecule has 0 bridgehead atoms. The van der Waals surface area contributed by atoms with Crippen molar-refractivity contribution in [2.24, 2.45) is 0 Å². The summed E-state index contributed by atoms with van der Waals surface area (Å²) in [4.78, 5) is 33.7. The SMILES string of the molecule is COC(=O)Nc1nc2ccc(C3(O)c4ccccc4C(=O)N3c3ccccc3OC)cc2[nH]1. The number of para-hydroxylation sites is 2. The Morgan fingerprint density at radius 1 is 1.09 bits per heavy atom. The molecule has 0 spiro atoms. The predicted molar refractivity (Wildman–Crippen MR) is 121 cm³/mol. The van der Waals surface area contributed by atoms with Gasteiger partial charge >= 0.3 is 6.09 Å². The van der Waals surface area contributed by atoms with E-state index in [1.54, 1.807) is 66.7 Å². The first-order valence-corrected chi connectivity index (χ1v) is 10.1. The first-order chi connectivity index (χ1) is 16.0. The topological polar surface area (TPSA) is 117 Å². The molecule has 166 valence electrons. The molecule has 1 aliphatic rings. The van der Waals surface area contributed by atoms with Crippen molar-refractivity contribution in [2.45, 2.75) is 5.72 Å². The fourth-order valence-electron chi connectivity index (χ4n) is 4.18. The number of H-pyrrole nitrogens is 1. The summed E-state index contributed by atoms with van der Waals surface area (Å²) in [5, 5.41) is 14.7. The van der Waals surface area contributed by atoms with Gasteiger partial charge in [0.05, 0.1) is 30.9 Å². The number of benzene rings is 3. The number of nitrogens with one attached hydrogen (secondary N) is 2. The molecule has 2 heterocycles. The third-order valence-electron chi connectivity index (χ3n) is 5.68. The highest BCUT2D eigenvalue weighted by atomic mass is 16.5. The number of aliphatic hydroxyl groups is 1. The van der Waals surface area contributed by atoms with Crippen LogP contribution in [0, 0.1) is 0 Å². The highest BCUT2D eigenvalue weighted by Gasteiger charge is 2.51. The van der Waals surface area contributed by atoms with E-state index in [4.69, 9.17) is 4.74 Å². The quantitative estimate of drug-likeness (QED) is 0.443. The van der Waals surface area contributed by atoms with E-state index >= 15 is 0 Å². The van der Waals surface area contributed by atoms with Crippen LogP contribution in [0.2, 0.25) is 0 Å². The van der Waals surface area contributed by atoms with Gasteiger partial charge in [-0.25, -0.2) is 9.78 Å². The third-order valence-corrected chi connectivity index (χ3v) is 5.68. The Labute approximate surface area is 188 Å². The molecule has 1 aromatic heterocycles. The normalized spacial score (nSPS) is 17.2. The van der Waals surface area contributed by atoms with E-state index in [2.05, 4.69) is 20.0 Å². The van der Waals surface area contributed by atoms with Crippen LogP contribution in [-0.4, -0.2) is 41.3 Å². The van der Waals surface area contributed by atoms with E-state index in [-0.39, 0.29) is 11.9 Å². The van der Waals surface area contributed by atoms with Crippen LogP contribution in [0.3, 0.4) is 0 Å². The Hall–Kier alpha value is -4.37. The molecule has 9 nitrogen and oxygen atoms in total. The maximum absolute atomic E-state index is 13.5. The first kappa shape index (κ1) is 20.5. The average Bonchev–Trinajstić information content (AvgIpc) is 3.34. The van der Waals surface area contributed by atoms with Gasteiger partial charge in [-0.2, -0.15) is 0 Å². The van der Waals surface area contributed by atoms with Gasteiger partial charge in [-0.3, -0.25) is 15.0 Å². The number of fused-ring (bicyclic) bond motifs is 2. The van der Waals surface area contributed by atoms with Gasteiger partial charge < -0.3 is 19.6 Å². The van der Waals surface area contributed by atoms with E-state index in [1.807, 2.05) is 0 Å². The summed E-state index contributed by atoms with van der Waals surface area (Å²) in [5.41, 5.74) is 1.03. The number of methoxy groups -OCH3 is 2. The minimum Gasteiger partial charge on any atom is -0.495 e.